The number of anilines is 2. The highest BCUT2D eigenvalue weighted by Gasteiger charge is 2.26. The Morgan fingerprint density at radius 1 is 1.14 bits per heavy atom. The van der Waals surface area contributed by atoms with Crippen LogP contribution in [0.3, 0.4) is 0 Å². The lowest BCUT2D eigenvalue weighted by Crippen LogP contribution is -2.41. The molecule has 2 N–H and O–H groups in total. The van der Waals surface area contributed by atoms with E-state index in [0.29, 0.717) is 35.2 Å². The van der Waals surface area contributed by atoms with Gasteiger partial charge in [-0.1, -0.05) is 32.0 Å². The Labute approximate surface area is 163 Å². The van der Waals surface area contributed by atoms with Crippen LogP contribution < -0.4 is 20.3 Å². The van der Waals surface area contributed by atoms with Gasteiger partial charge in [0.05, 0.1) is 12.2 Å². The number of carbonyl (C=O) groups is 3. The molecule has 3 rings (SSSR count). The molecule has 0 aliphatic carbocycles. The molecule has 0 saturated heterocycles. The first-order valence-electron chi connectivity index (χ1n) is 9.14. The molecule has 2 aromatic rings. The largest absolute Gasteiger partial charge is 0.482 e. The lowest BCUT2D eigenvalue weighted by molar-refractivity contribution is -0.121. The lowest BCUT2D eigenvalue weighted by atomic mass is 10.1. The minimum atomic E-state index is -0.359. The molecule has 0 spiro atoms. The summed E-state index contributed by atoms with van der Waals surface area (Å²) in [5.74, 6) is 0.114. The highest BCUT2D eigenvalue weighted by atomic mass is 16.5. The van der Waals surface area contributed by atoms with E-state index >= 15 is 0 Å². The van der Waals surface area contributed by atoms with Crippen LogP contribution >= 0.6 is 0 Å². The number of ether oxygens (including phenoxy) is 1. The minimum absolute atomic E-state index is 0.0109. The second-order valence-corrected chi connectivity index (χ2v) is 6.97. The predicted molar refractivity (Wildman–Crippen MR) is 107 cm³/mol. The molecule has 1 aliphatic rings. The summed E-state index contributed by atoms with van der Waals surface area (Å²) in [5.41, 5.74) is 1.66. The van der Waals surface area contributed by atoms with Crippen molar-refractivity contribution < 1.29 is 19.1 Å². The smallest absolute Gasteiger partial charge is 0.265 e. The molecule has 28 heavy (non-hydrogen) atoms. The van der Waals surface area contributed by atoms with E-state index in [0.717, 1.165) is 0 Å². The number of benzene rings is 2. The molecule has 0 fully saturated rings. The summed E-state index contributed by atoms with van der Waals surface area (Å²) in [6.45, 7) is 4.49. The number of fused-ring (bicyclic) bond motifs is 1. The molecule has 0 radical (unpaired) electrons. The van der Waals surface area contributed by atoms with Gasteiger partial charge in [0.15, 0.2) is 6.61 Å². The molecule has 146 valence electrons. The molecule has 0 saturated carbocycles. The summed E-state index contributed by atoms with van der Waals surface area (Å²) in [6, 6.07) is 13.8. The number of nitrogens with zero attached hydrogens (tertiary/aromatic N) is 1. The fourth-order valence-corrected chi connectivity index (χ4v) is 2.90. The lowest BCUT2D eigenvalue weighted by Gasteiger charge is -2.31. The summed E-state index contributed by atoms with van der Waals surface area (Å²) in [5, 5.41) is 5.32. The van der Waals surface area contributed by atoms with Crippen molar-refractivity contribution in [3.63, 3.8) is 0 Å². The van der Waals surface area contributed by atoms with E-state index < -0.39 is 0 Å². The Hall–Kier alpha value is -3.35. The number of hydrogen-bond acceptors (Lipinski definition) is 4. The van der Waals surface area contributed by atoms with Crippen LogP contribution in [0.15, 0.2) is 48.5 Å². The molecule has 0 bridgehead atoms. The average Bonchev–Trinajstić information content (AvgIpc) is 2.69. The first-order valence-corrected chi connectivity index (χ1v) is 9.14. The molecule has 1 heterocycles. The van der Waals surface area contributed by atoms with Crippen LogP contribution in [0.5, 0.6) is 5.75 Å². The van der Waals surface area contributed by atoms with Crippen LogP contribution in [0.4, 0.5) is 11.4 Å². The Kier molecular flexibility index (Phi) is 5.93. The van der Waals surface area contributed by atoms with Gasteiger partial charge in [0, 0.05) is 17.8 Å². The summed E-state index contributed by atoms with van der Waals surface area (Å²) in [4.78, 5) is 38.1. The normalized spacial score (nSPS) is 13.0. The zero-order valence-electron chi connectivity index (χ0n) is 15.9. The van der Waals surface area contributed by atoms with E-state index in [4.69, 9.17) is 4.74 Å². The third-order valence-electron chi connectivity index (χ3n) is 4.18. The molecular weight excluding hydrogens is 358 g/mol. The highest BCUT2D eigenvalue weighted by Crippen LogP contribution is 2.35. The number of amides is 3. The SMILES string of the molecule is CC(C)CN1C(=O)COc2ccc(NC(=O)CNC(=O)c3ccccc3)cc21. The van der Waals surface area contributed by atoms with Crippen LogP contribution in [0.1, 0.15) is 24.2 Å². The Morgan fingerprint density at radius 3 is 2.61 bits per heavy atom. The third-order valence-corrected chi connectivity index (χ3v) is 4.18. The standard InChI is InChI=1S/C21H23N3O4/c1-14(2)12-24-17-10-16(8-9-18(17)28-13-20(24)26)23-19(25)11-22-21(27)15-6-4-3-5-7-15/h3-10,14H,11-13H2,1-2H3,(H,22,27)(H,23,25). The van der Waals surface area contributed by atoms with E-state index in [2.05, 4.69) is 10.6 Å². The molecule has 1 aliphatic heterocycles. The number of nitrogens with one attached hydrogen (secondary N) is 2. The monoisotopic (exact) mass is 381 g/mol. The van der Waals surface area contributed by atoms with E-state index in [1.54, 1.807) is 47.4 Å². The molecule has 7 nitrogen and oxygen atoms in total. The van der Waals surface area contributed by atoms with Crippen molar-refractivity contribution in [2.45, 2.75) is 13.8 Å². The molecule has 0 atom stereocenters. The topological polar surface area (TPSA) is 87.7 Å². The van der Waals surface area contributed by atoms with E-state index in [1.807, 2.05) is 19.9 Å². The number of rotatable bonds is 6. The first-order chi connectivity index (χ1) is 13.4. The van der Waals surface area contributed by atoms with Gasteiger partial charge in [0.1, 0.15) is 5.75 Å². The van der Waals surface area contributed by atoms with Crippen molar-refractivity contribution in [2.75, 3.05) is 29.9 Å². The molecule has 3 amide bonds. The van der Waals surface area contributed by atoms with Crippen molar-refractivity contribution in [3.05, 3.63) is 54.1 Å². The predicted octanol–water partition coefficient (Wildman–Crippen LogP) is 2.44. The summed E-state index contributed by atoms with van der Waals surface area (Å²) < 4.78 is 5.47. The fraction of sp³-hybridized carbons (Fsp3) is 0.286. The van der Waals surface area contributed by atoms with Crippen molar-refractivity contribution in [3.8, 4) is 5.75 Å². The summed E-state index contributed by atoms with van der Waals surface area (Å²) in [6.07, 6.45) is 0. The molecular formula is C21H23N3O4. The Balaban J connectivity index is 1.64. The summed E-state index contributed by atoms with van der Waals surface area (Å²) >= 11 is 0. The third kappa shape index (κ3) is 4.68. The maximum atomic E-state index is 12.2. The van der Waals surface area contributed by atoms with Gasteiger partial charge in [-0.05, 0) is 36.2 Å². The number of hydrogen-bond donors (Lipinski definition) is 2. The summed E-state index contributed by atoms with van der Waals surface area (Å²) in [7, 11) is 0. The quantitative estimate of drug-likeness (QED) is 0.805. The second-order valence-electron chi connectivity index (χ2n) is 6.97. The minimum Gasteiger partial charge on any atom is -0.482 e. The van der Waals surface area contributed by atoms with Crippen LogP contribution in [0.25, 0.3) is 0 Å². The molecule has 7 heteroatoms. The maximum absolute atomic E-state index is 12.2. The van der Waals surface area contributed by atoms with E-state index in [1.165, 1.54) is 0 Å². The van der Waals surface area contributed by atoms with Crippen LogP contribution in [-0.4, -0.2) is 37.4 Å². The zero-order chi connectivity index (χ0) is 20.1. The van der Waals surface area contributed by atoms with Gasteiger partial charge in [0.25, 0.3) is 11.8 Å². The number of carbonyl (C=O) groups excluding carboxylic acids is 3. The maximum Gasteiger partial charge on any atom is 0.265 e. The van der Waals surface area contributed by atoms with Crippen molar-refractivity contribution >= 4 is 29.1 Å². The van der Waals surface area contributed by atoms with Crippen molar-refractivity contribution in [1.82, 2.24) is 5.32 Å². The van der Waals surface area contributed by atoms with Gasteiger partial charge >= 0.3 is 0 Å². The van der Waals surface area contributed by atoms with E-state index in [-0.39, 0.29) is 30.9 Å². The van der Waals surface area contributed by atoms with Gasteiger partial charge in [0.2, 0.25) is 5.91 Å². The molecule has 0 unspecified atom stereocenters. The van der Waals surface area contributed by atoms with Crippen molar-refractivity contribution in [1.29, 1.82) is 0 Å². The van der Waals surface area contributed by atoms with Gasteiger partial charge in [-0.25, -0.2) is 0 Å². The van der Waals surface area contributed by atoms with Crippen LogP contribution in [0.2, 0.25) is 0 Å². The molecule has 0 aromatic heterocycles. The zero-order valence-corrected chi connectivity index (χ0v) is 15.9. The van der Waals surface area contributed by atoms with Crippen molar-refractivity contribution in [2.24, 2.45) is 5.92 Å². The van der Waals surface area contributed by atoms with Gasteiger partial charge in [-0.15, -0.1) is 0 Å². The van der Waals surface area contributed by atoms with Crippen LogP contribution in [-0.2, 0) is 9.59 Å². The highest BCUT2D eigenvalue weighted by molar-refractivity contribution is 6.01. The fourth-order valence-electron chi connectivity index (χ4n) is 2.90. The van der Waals surface area contributed by atoms with Gasteiger partial charge in [-0.3, -0.25) is 14.4 Å². The van der Waals surface area contributed by atoms with Gasteiger partial charge in [-0.2, -0.15) is 0 Å². The van der Waals surface area contributed by atoms with Gasteiger partial charge < -0.3 is 20.3 Å². The molecule has 2 aromatic carbocycles. The second kappa shape index (κ2) is 8.56. The van der Waals surface area contributed by atoms with Crippen LogP contribution in [0, 0.1) is 5.92 Å². The van der Waals surface area contributed by atoms with E-state index in [9.17, 15) is 14.4 Å². The average molecular weight is 381 g/mol. The first kappa shape index (κ1) is 19.4. The Bertz CT molecular complexity index is 880. The Morgan fingerprint density at radius 2 is 1.89 bits per heavy atom.